The van der Waals surface area contributed by atoms with Gasteiger partial charge in [0.05, 0.1) is 0 Å². The summed E-state index contributed by atoms with van der Waals surface area (Å²) < 4.78 is 5.40. The smallest absolute Gasteiger partial charge is 0.259 e. The summed E-state index contributed by atoms with van der Waals surface area (Å²) in [6.45, 7) is 3.67. The number of nitrogens with zero attached hydrogens (tertiary/aromatic N) is 3. The van der Waals surface area contributed by atoms with Gasteiger partial charge in [0.2, 0.25) is 5.91 Å². The normalized spacial score (nSPS) is 17.8. The number of piperidine rings is 1. The Morgan fingerprint density at radius 3 is 2.34 bits per heavy atom. The molecule has 2 fully saturated rings. The number of hydrogen-bond donors (Lipinski definition) is 0. The van der Waals surface area contributed by atoms with E-state index in [1.165, 1.54) is 0 Å². The van der Waals surface area contributed by atoms with E-state index in [2.05, 4.69) is 22.2 Å². The predicted octanol–water partition coefficient (Wildman–Crippen LogP) is 4.45. The highest BCUT2D eigenvalue weighted by molar-refractivity contribution is 6.00. The molecule has 1 spiro atoms. The molecule has 0 unspecified atom stereocenters. The third-order valence-electron chi connectivity index (χ3n) is 6.97. The van der Waals surface area contributed by atoms with E-state index in [0.717, 1.165) is 30.4 Å². The van der Waals surface area contributed by atoms with Gasteiger partial charge >= 0.3 is 0 Å². The molecule has 5 rings (SSSR count). The van der Waals surface area contributed by atoms with Crippen LogP contribution in [-0.4, -0.2) is 45.4 Å². The van der Waals surface area contributed by atoms with Crippen molar-refractivity contribution in [3.8, 4) is 11.3 Å². The van der Waals surface area contributed by atoms with Crippen molar-refractivity contribution >= 4 is 11.8 Å². The molecule has 2 amide bonds. The lowest BCUT2D eigenvalue weighted by Gasteiger charge is -2.45. The third-order valence-corrected chi connectivity index (χ3v) is 6.97. The van der Waals surface area contributed by atoms with Gasteiger partial charge in [-0.1, -0.05) is 65.8 Å². The molecule has 3 heterocycles. The van der Waals surface area contributed by atoms with E-state index in [-0.39, 0.29) is 17.4 Å². The van der Waals surface area contributed by atoms with Crippen molar-refractivity contribution in [2.75, 3.05) is 13.1 Å². The Labute approximate surface area is 187 Å². The van der Waals surface area contributed by atoms with Gasteiger partial charge in [0.1, 0.15) is 17.0 Å². The second-order valence-corrected chi connectivity index (χ2v) is 8.81. The monoisotopic (exact) mass is 429 g/mol. The zero-order valence-electron chi connectivity index (χ0n) is 18.3. The number of likely N-dealkylation sites (tertiary alicyclic amines) is 2. The van der Waals surface area contributed by atoms with E-state index in [1.807, 2.05) is 53.4 Å². The molecular formula is C26H27N3O3. The van der Waals surface area contributed by atoms with Crippen LogP contribution in [0.3, 0.4) is 0 Å². The first-order valence-corrected chi connectivity index (χ1v) is 11.2. The van der Waals surface area contributed by atoms with E-state index in [4.69, 9.17) is 4.52 Å². The summed E-state index contributed by atoms with van der Waals surface area (Å²) in [5, 5.41) is 4.17. The maximum atomic E-state index is 13.5. The van der Waals surface area contributed by atoms with Gasteiger partial charge < -0.3 is 14.3 Å². The molecule has 0 radical (unpaired) electrons. The molecule has 2 aliphatic heterocycles. The molecule has 6 nitrogen and oxygen atoms in total. The van der Waals surface area contributed by atoms with E-state index in [1.54, 1.807) is 6.92 Å². The summed E-state index contributed by atoms with van der Waals surface area (Å²) in [5.74, 6) is 0.710. The Kier molecular flexibility index (Phi) is 5.29. The minimum Gasteiger partial charge on any atom is -0.360 e. The van der Waals surface area contributed by atoms with Crippen LogP contribution < -0.4 is 0 Å². The van der Waals surface area contributed by atoms with Gasteiger partial charge in [0.15, 0.2) is 0 Å². The molecule has 0 aliphatic carbocycles. The fourth-order valence-corrected chi connectivity index (χ4v) is 5.12. The summed E-state index contributed by atoms with van der Waals surface area (Å²) >= 11 is 0. The number of aromatic nitrogens is 1. The van der Waals surface area contributed by atoms with Gasteiger partial charge in [-0.25, -0.2) is 0 Å². The number of benzene rings is 2. The Balaban J connectivity index is 1.33. The fraction of sp³-hybridized carbons (Fsp3) is 0.346. The molecule has 0 N–H and O–H groups in total. The van der Waals surface area contributed by atoms with Crippen LogP contribution in [0.4, 0.5) is 0 Å². The molecule has 1 aromatic heterocycles. The number of hydrogen-bond acceptors (Lipinski definition) is 4. The topological polar surface area (TPSA) is 66.7 Å². The molecule has 6 heteroatoms. The van der Waals surface area contributed by atoms with Crippen LogP contribution in [0.5, 0.6) is 0 Å². The van der Waals surface area contributed by atoms with Crippen molar-refractivity contribution in [1.29, 1.82) is 0 Å². The minimum absolute atomic E-state index is 0.0450. The lowest BCUT2D eigenvalue weighted by atomic mass is 9.84. The highest BCUT2D eigenvalue weighted by Crippen LogP contribution is 2.40. The number of rotatable bonds is 4. The molecule has 0 saturated carbocycles. The van der Waals surface area contributed by atoms with Gasteiger partial charge in [-0.3, -0.25) is 9.59 Å². The average Bonchev–Trinajstić information content (AvgIpc) is 3.36. The van der Waals surface area contributed by atoms with Gasteiger partial charge in [-0.2, -0.15) is 0 Å². The first kappa shape index (κ1) is 20.5. The van der Waals surface area contributed by atoms with Gasteiger partial charge in [-0.15, -0.1) is 0 Å². The second-order valence-electron chi connectivity index (χ2n) is 8.81. The fourth-order valence-electron chi connectivity index (χ4n) is 5.12. The van der Waals surface area contributed by atoms with Crippen LogP contribution in [0, 0.1) is 6.92 Å². The molecule has 164 valence electrons. The molecule has 32 heavy (non-hydrogen) atoms. The molecule has 0 bridgehead atoms. The number of carbonyl (C=O) groups is 2. The molecule has 3 aromatic rings. The Hall–Kier alpha value is -3.41. The van der Waals surface area contributed by atoms with Gasteiger partial charge in [-0.05, 0) is 31.7 Å². The van der Waals surface area contributed by atoms with Gasteiger partial charge in [0.25, 0.3) is 5.91 Å². The lowest BCUT2D eigenvalue weighted by molar-refractivity contribution is -0.133. The molecule has 0 atom stereocenters. The van der Waals surface area contributed by atoms with E-state index < -0.39 is 0 Å². The summed E-state index contributed by atoms with van der Waals surface area (Å²) in [7, 11) is 0. The third kappa shape index (κ3) is 3.60. The van der Waals surface area contributed by atoms with E-state index in [9.17, 15) is 9.59 Å². The number of carbonyl (C=O) groups excluding carboxylic acids is 2. The minimum atomic E-state index is -0.157. The lowest BCUT2D eigenvalue weighted by Crippen LogP contribution is -2.53. The molecule has 2 aliphatic rings. The summed E-state index contributed by atoms with van der Waals surface area (Å²) in [5.41, 5.74) is 2.99. The van der Waals surface area contributed by atoms with Crippen molar-refractivity contribution < 1.29 is 14.1 Å². The number of aryl methyl sites for hydroxylation is 1. The zero-order valence-corrected chi connectivity index (χ0v) is 18.3. The van der Waals surface area contributed by atoms with Gasteiger partial charge in [0, 0.05) is 37.2 Å². The van der Waals surface area contributed by atoms with Crippen LogP contribution in [0.25, 0.3) is 11.3 Å². The highest BCUT2D eigenvalue weighted by atomic mass is 16.5. The Bertz CT molecular complexity index is 1120. The Morgan fingerprint density at radius 2 is 1.66 bits per heavy atom. The molecule has 2 saturated heterocycles. The van der Waals surface area contributed by atoms with Crippen molar-refractivity contribution in [3.63, 3.8) is 0 Å². The molecular weight excluding hydrogens is 402 g/mol. The van der Waals surface area contributed by atoms with Crippen LogP contribution in [-0.2, 0) is 11.3 Å². The first-order chi connectivity index (χ1) is 15.6. The summed E-state index contributed by atoms with van der Waals surface area (Å²) in [4.78, 5) is 30.1. The van der Waals surface area contributed by atoms with Crippen molar-refractivity contribution in [2.24, 2.45) is 0 Å². The maximum absolute atomic E-state index is 13.5. The summed E-state index contributed by atoms with van der Waals surface area (Å²) in [6.07, 6.45) is 3.04. The number of amides is 2. The maximum Gasteiger partial charge on any atom is 0.259 e. The van der Waals surface area contributed by atoms with E-state index >= 15 is 0 Å². The zero-order chi connectivity index (χ0) is 22.1. The van der Waals surface area contributed by atoms with Crippen LogP contribution in [0.15, 0.2) is 65.2 Å². The van der Waals surface area contributed by atoms with Crippen LogP contribution >= 0.6 is 0 Å². The molecule has 2 aromatic carbocycles. The SMILES string of the molecule is Cc1onc(-c2ccccc2)c1C(=O)N1CCC2(CCC(=O)N2Cc2ccccc2)CC1. The predicted molar refractivity (Wildman–Crippen MR) is 121 cm³/mol. The highest BCUT2D eigenvalue weighted by Gasteiger charge is 2.47. The van der Waals surface area contributed by atoms with Crippen molar-refractivity contribution in [3.05, 3.63) is 77.6 Å². The van der Waals surface area contributed by atoms with E-state index in [0.29, 0.717) is 43.1 Å². The van der Waals surface area contributed by atoms with Crippen LogP contribution in [0.2, 0.25) is 0 Å². The first-order valence-electron chi connectivity index (χ1n) is 11.2. The van der Waals surface area contributed by atoms with Crippen molar-refractivity contribution in [2.45, 2.75) is 44.7 Å². The van der Waals surface area contributed by atoms with Crippen molar-refractivity contribution in [1.82, 2.24) is 15.0 Å². The Morgan fingerprint density at radius 1 is 1.00 bits per heavy atom. The summed E-state index contributed by atoms with van der Waals surface area (Å²) in [6, 6.07) is 19.8. The average molecular weight is 430 g/mol. The van der Waals surface area contributed by atoms with Crippen LogP contribution in [0.1, 0.15) is 47.4 Å². The second kappa shape index (κ2) is 8.26. The largest absolute Gasteiger partial charge is 0.360 e. The quantitative estimate of drug-likeness (QED) is 0.615. The standard InChI is InChI=1S/C26H27N3O3/c1-19-23(24(27-32-19)21-10-6-3-7-11-21)25(31)28-16-14-26(15-17-28)13-12-22(30)29(26)18-20-8-4-2-5-9-20/h2-11H,12-18H2,1H3.